The normalized spacial score (nSPS) is 13.7. The summed E-state index contributed by atoms with van der Waals surface area (Å²) < 4.78 is 10.3. The third kappa shape index (κ3) is 5.70. The molecular formula is C18H23N3O6. The number of urea groups is 1. The van der Waals surface area contributed by atoms with Gasteiger partial charge in [0.15, 0.2) is 6.61 Å². The molecule has 27 heavy (non-hydrogen) atoms. The second-order valence-electron chi connectivity index (χ2n) is 5.93. The van der Waals surface area contributed by atoms with Crippen LogP contribution in [0.4, 0.5) is 10.5 Å². The van der Waals surface area contributed by atoms with E-state index >= 15 is 0 Å². The second-order valence-corrected chi connectivity index (χ2v) is 5.93. The standard InChI is InChI=1S/C18H23N3O6/c1-3-26-14-8-5-4-7-13(14)19-15(22)12-27-17(24)9-6-10-21-16(23)11-20(2)18(21)25/h4-5,7-8H,3,6,9-12H2,1-2H3,(H,19,22). The van der Waals surface area contributed by atoms with E-state index < -0.39 is 18.5 Å². The molecule has 1 fully saturated rings. The van der Waals surface area contributed by atoms with Crippen LogP contribution >= 0.6 is 0 Å². The van der Waals surface area contributed by atoms with Gasteiger partial charge in [-0.15, -0.1) is 0 Å². The number of carbonyl (C=O) groups is 4. The highest BCUT2D eigenvalue weighted by Gasteiger charge is 2.32. The zero-order valence-electron chi connectivity index (χ0n) is 15.4. The number of para-hydroxylation sites is 2. The molecule has 1 heterocycles. The van der Waals surface area contributed by atoms with Gasteiger partial charge in [0.25, 0.3) is 5.91 Å². The lowest BCUT2D eigenvalue weighted by Crippen LogP contribution is -2.32. The predicted molar refractivity (Wildman–Crippen MR) is 96.2 cm³/mol. The van der Waals surface area contributed by atoms with Crippen molar-refractivity contribution in [1.29, 1.82) is 0 Å². The first kappa shape index (κ1) is 20.2. The van der Waals surface area contributed by atoms with Gasteiger partial charge < -0.3 is 19.7 Å². The summed E-state index contributed by atoms with van der Waals surface area (Å²) in [4.78, 5) is 49.4. The smallest absolute Gasteiger partial charge is 0.326 e. The van der Waals surface area contributed by atoms with Gasteiger partial charge in [-0.1, -0.05) is 12.1 Å². The molecule has 1 aliphatic heterocycles. The van der Waals surface area contributed by atoms with Gasteiger partial charge in [0, 0.05) is 20.0 Å². The van der Waals surface area contributed by atoms with E-state index in [0.29, 0.717) is 18.0 Å². The number of rotatable bonds is 9. The van der Waals surface area contributed by atoms with Gasteiger partial charge in [-0.05, 0) is 25.5 Å². The number of anilines is 1. The fraction of sp³-hybridized carbons (Fsp3) is 0.444. The molecule has 1 N–H and O–H groups in total. The number of nitrogens with zero attached hydrogens (tertiary/aromatic N) is 2. The largest absolute Gasteiger partial charge is 0.492 e. The van der Waals surface area contributed by atoms with Crippen LogP contribution < -0.4 is 10.1 Å². The van der Waals surface area contributed by atoms with Crippen LogP contribution in [0.5, 0.6) is 5.75 Å². The van der Waals surface area contributed by atoms with Gasteiger partial charge >= 0.3 is 12.0 Å². The molecule has 1 aliphatic rings. The lowest BCUT2D eigenvalue weighted by Gasteiger charge is -2.13. The van der Waals surface area contributed by atoms with Crippen molar-refractivity contribution in [1.82, 2.24) is 9.80 Å². The summed E-state index contributed by atoms with van der Waals surface area (Å²) in [6, 6.07) is 6.58. The predicted octanol–water partition coefficient (Wildman–Crippen LogP) is 1.24. The van der Waals surface area contributed by atoms with Crippen LogP contribution in [-0.2, 0) is 19.1 Å². The topological polar surface area (TPSA) is 105 Å². The van der Waals surface area contributed by atoms with Crippen LogP contribution in [0.3, 0.4) is 0 Å². The first-order valence-corrected chi connectivity index (χ1v) is 8.65. The number of likely N-dealkylation sites (N-methyl/N-ethyl adjacent to an activating group) is 1. The van der Waals surface area contributed by atoms with Crippen molar-refractivity contribution in [3.63, 3.8) is 0 Å². The van der Waals surface area contributed by atoms with Crippen LogP contribution in [0, 0.1) is 0 Å². The Kier molecular flexibility index (Phi) is 7.16. The van der Waals surface area contributed by atoms with E-state index in [1.54, 1.807) is 24.3 Å². The molecule has 0 saturated carbocycles. The number of nitrogens with one attached hydrogen (secondary N) is 1. The minimum absolute atomic E-state index is 0.00356. The first-order valence-electron chi connectivity index (χ1n) is 8.65. The van der Waals surface area contributed by atoms with Crippen molar-refractivity contribution in [2.75, 3.05) is 38.7 Å². The molecule has 146 valence electrons. The molecule has 0 bridgehead atoms. The lowest BCUT2D eigenvalue weighted by molar-refractivity contribution is -0.147. The van der Waals surface area contributed by atoms with Crippen molar-refractivity contribution in [2.45, 2.75) is 19.8 Å². The Balaban J connectivity index is 1.70. The minimum atomic E-state index is -0.573. The van der Waals surface area contributed by atoms with E-state index in [-0.39, 0.29) is 37.9 Å². The minimum Gasteiger partial charge on any atom is -0.492 e. The quantitative estimate of drug-likeness (QED) is 0.513. The number of esters is 1. The van der Waals surface area contributed by atoms with E-state index in [1.165, 1.54) is 11.9 Å². The van der Waals surface area contributed by atoms with Crippen LogP contribution in [0.15, 0.2) is 24.3 Å². The molecule has 0 unspecified atom stereocenters. The van der Waals surface area contributed by atoms with Gasteiger partial charge in [0.1, 0.15) is 12.3 Å². The zero-order chi connectivity index (χ0) is 19.8. The molecule has 1 saturated heterocycles. The fourth-order valence-corrected chi connectivity index (χ4v) is 2.53. The molecule has 0 atom stereocenters. The summed E-state index contributed by atoms with van der Waals surface area (Å²) in [5.74, 6) is -0.814. The summed E-state index contributed by atoms with van der Waals surface area (Å²) >= 11 is 0. The molecule has 0 spiro atoms. The van der Waals surface area contributed by atoms with Gasteiger partial charge in [-0.25, -0.2) is 4.79 Å². The zero-order valence-corrected chi connectivity index (χ0v) is 15.4. The number of amides is 4. The number of benzene rings is 1. The average molecular weight is 377 g/mol. The molecular weight excluding hydrogens is 354 g/mol. The molecule has 0 radical (unpaired) electrons. The van der Waals surface area contributed by atoms with Crippen LogP contribution in [0.25, 0.3) is 0 Å². The van der Waals surface area contributed by atoms with Crippen LogP contribution in [0.2, 0.25) is 0 Å². The Labute approximate surface area is 157 Å². The number of hydrogen-bond donors (Lipinski definition) is 1. The Morgan fingerprint density at radius 2 is 1.96 bits per heavy atom. The second kappa shape index (κ2) is 9.56. The third-order valence-electron chi connectivity index (χ3n) is 3.82. The van der Waals surface area contributed by atoms with Crippen LogP contribution in [0.1, 0.15) is 19.8 Å². The van der Waals surface area contributed by atoms with Gasteiger partial charge in [0.2, 0.25) is 5.91 Å². The van der Waals surface area contributed by atoms with Crippen molar-refractivity contribution >= 4 is 29.5 Å². The number of carbonyl (C=O) groups excluding carboxylic acids is 4. The number of hydrogen-bond acceptors (Lipinski definition) is 6. The third-order valence-corrected chi connectivity index (χ3v) is 3.82. The number of imide groups is 1. The van der Waals surface area contributed by atoms with Crippen molar-refractivity contribution in [3.05, 3.63) is 24.3 Å². The average Bonchev–Trinajstić information content (AvgIpc) is 2.88. The van der Waals surface area contributed by atoms with Crippen LogP contribution in [-0.4, -0.2) is 67.0 Å². The Hall–Kier alpha value is -3.10. The highest BCUT2D eigenvalue weighted by Crippen LogP contribution is 2.23. The van der Waals surface area contributed by atoms with Crippen molar-refractivity contribution in [3.8, 4) is 5.75 Å². The highest BCUT2D eigenvalue weighted by molar-refractivity contribution is 6.01. The van der Waals surface area contributed by atoms with E-state index in [0.717, 1.165) is 4.90 Å². The fourth-order valence-electron chi connectivity index (χ4n) is 2.53. The maximum Gasteiger partial charge on any atom is 0.326 e. The van der Waals surface area contributed by atoms with Gasteiger partial charge in [0.05, 0.1) is 12.3 Å². The van der Waals surface area contributed by atoms with E-state index in [9.17, 15) is 19.2 Å². The summed E-state index contributed by atoms with van der Waals surface area (Å²) in [6.07, 6.45) is 0.280. The summed E-state index contributed by atoms with van der Waals surface area (Å²) in [5.41, 5.74) is 0.496. The molecule has 1 aromatic carbocycles. The SMILES string of the molecule is CCOc1ccccc1NC(=O)COC(=O)CCCN1C(=O)CN(C)C1=O. The molecule has 2 rings (SSSR count). The monoisotopic (exact) mass is 377 g/mol. The summed E-state index contributed by atoms with van der Waals surface area (Å²) in [6.45, 7) is 2.06. The molecule has 4 amide bonds. The van der Waals surface area contributed by atoms with E-state index in [2.05, 4.69) is 5.32 Å². The number of ether oxygens (including phenoxy) is 2. The highest BCUT2D eigenvalue weighted by atomic mass is 16.5. The molecule has 0 aliphatic carbocycles. The molecule has 0 aromatic heterocycles. The van der Waals surface area contributed by atoms with E-state index in [1.807, 2.05) is 6.92 Å². The Bertz CT molecular complexity index is 721. The van der Waals surface area contributed by atoms with Crippen molar-refractivity contribution < 1.29 is 28.7 Å². The molecule has 9 heteroatoms. The lowest BCUT2D eigenvalue weighted by atomic mass is 10.3. The molecule has 9 nitrogen and oxygen atoms in total. The summed E-state index contributed by atoms with van der Waals surface area (Å²) in [5, 5.41) is 2.62. The van der Waals surface area contributed by atoms with Gasteiger partial charge in [-0.3, -0.25) is 19.3 Å². The van der Waals surface area contributed by atoms with Crippen molar-refractivity contribution in [2.24, 2.45) is 0 Å². The first-order chi connectivity index (χ1) is 12.9. The van der Waals surface area contributed by atoms with Gasteiger partial charge in [-0.2, -0.15) is 0 Å². The maximum absolute atomic E-state index is 11.9. The van der Waals surface area contributed by atoms with E-state index in [4.69, 9.17) is 9.47 Å². The Morgan fingerprint density at radius 1 is 1.22 bits per heavy atom. The maximum atomic E-state index is 11.9. The Morgan fingerprint density at radius 3 is 2.63 bits per heavy atom. The summed E-state index contributed by atoms with van der Waals surface area (Å²) in [7, 11) is 1.54. The molecule has 1 aromatic rings.